The first-order valence-electron chi connectivity index (χ1n) is 8.01. The third kappa shape index (κ3) is 4.77. The molecule has 3 aromatic rings. The van der Waals surface area contributed by atoms with E-state index in [-0.39, 0.29) is 10.1 Å². The minimum absolute atomic E-state index is 0.214. The summed E-state index contributed by atoms with van der Waals surface area (Å²) in [7, 11) is -3.65. The molecule has 0 aliphatic rings. The molecule has 140 valence electrons. The van der Waals surface area contributed by atoms with Crippen LogP contribution in [-0.2, 0) is 10.0 Å². The van der Waals surface area contributed by atoms with Crippen molar-refractivity contribution in [1.29, 1.82) is 0 Å². The number of hydrogen-bond acceptors (Lipinski definition) is 4. The van der Waals surface area contributed by atoms with Gasteiger partial charge in [0.15, 0.2) is 0 Å². The van der Waals surface area contributed by atoms with Gasteiger partial charge in [0, 0.05) is 16.9 Å². The Hall–Kier alpha value is -2.16. The zero-order valence-corrected chi connectivity index (χ0v) is 17.8. The number of hydrogen-bond donors (Lipinski definition) is 2. The topological polar surface area (TPSA) is 75.3 Å². The van der Waals surface area contributed by atoms with Gasteiger partial charge < -0.3 is 5.32 Å². The lowest BCUT2D eigenvalue weighted by atomic mass is 10.1. The van der Waals surface area contributed by atoms with Crippen LogP contribution >= 0.6 is 27.3 Å². The lowest BCUT2D eigenvalue weighted by molar-refractivity contribution is 0.102. The van der Waals surface area contributed by atoms with Crippen LogP contribution in [0.3, 0.4) is 0 Å². The first-order valence-corrected chi connectivity index (χ1v) is 11.1. The number of rotatable bonds is 5. The van der Waals surface area contributed by atoms with Crippen molar-refractivity contribution >= 4 is 54.6 Å². The van der Waals surface area contributed by atoms with E-state index in [0.717, 1.165) is 31.9 Å². The van der Waals surface area contributed by atoms with Crippen LogP contribution in [0.25, 0.3) is 0 Å². The molecular formula is C19H17BrN2O3S2. The zero-order valence-electron chi connectivity index (χ0n) is 14.6. The molecule has 0 bridgehead atoms. The minimum atomic E-state index is -3.65. The Morgan fingerprint density at radius 1 is 1.00 bits per heavy atom. The van der Waals surface area contributed by atoms with Gasteiger partial charge in [0.2, 0.25) is 0 Å². The zero-order chi connectivity index (χ0) is 19.6. The van der Waals surface area contributed by atoms with Crippen LogP contribution in [0, 0.1) is 13.8 Å². The van der Waals surface area contributed by atoms with Crippen LogP contribution in [0.2, 0.25) is 0 Å². The average Bonchev–Trinajstić information content (AvgIpc) is 3.06. The summed E-state index contributed by atoms with van der Waals surface area (Å²) in [6.07, 6.45) is 0. The summed E-state index contributed by atoms with van der Waals surface area (Å²) in [6, 6.07) is 15.4. The Labute approximate surface area is 170 Å². The van der Waals surface area contributed by atoms with E-state index < -0.39 is 10.0 Å². The summed E-state index contributed by atoms with van der Waals surface area (Å²) < 4.78 is 28.1. The van der Waals surface area contributed by atoms with Crippen molar-refractivity contribution in [3.05, 3.63) is 75.1 Å². The molecule has 0 radical (unpaired) electrons. The van der Waals surface area contributed by atoms with Gasteiger partial charge in [-0.1, -0.05) is 12.1 Å². The van der Waals surface area contributed by atoms with Crippen molar-refractivity contribution in [2.45, 2.75) is 18.1 Å². The summed E-state index contributed by atoms with van der Waals surface area (Å²) in [5.41, 5.74) is 3.62. The smallest absolute Gasteiger partial charge is 0.271 e. The van der Waals surface area contributed by atoms with Gasteiger partial charge in [0.25, 0.3) is 15.9 Å². The predicted molar refractivity (Wildman–Crippen MR) is 113 cm³/mol. The van der Waals surface area contributed by atoms with E-state index in [0.29, 0.717) is 11.3 Å². The number of sulfonamides is 1. The predicted octanol–water partition coefficient (Wildman–Crippen LogP) is 5.18. The van der Waals surface area contributed by atoms with Gasteiger partial charge in [-0.15, -0.1) is 11.3 Å². The second kappa shape index (κ2) is 7.84. The first kappa shape index (κ1) is 19.6. The van der Waals surface area contributed by atoms with Crippen LogP contribution in [0.15, 0.2) is 62.6 Å². The number of carbonyl (C=O) groups excluding carboxylic acids is 1. The molecule has 8 heteroatoms. The molecule has 1 amide bonds. The monoisotopic (exact) mass is 464 g/mol. The Morgan fingerprint density at radius 2 is 1.70 bits per heavy atom. The van der Waals surface area contributed by atoms with E-state index in [1.54, 1.807) is 30.3 Å². The standard InChI is InChI=1S/C19H17BrN2O3S2/c1-12-3-4-13(2)16(11-12)21-19(23)14-5-7-15(8-6-14)22-27(24,25)18-10-9-17(20)26-18/h3-11,22H,1-2H3,(H,21,23). The van der Waals surface area contributed by atoms with Crippen LogP contribution in [-0.4, -0.2) is 14.3 Å². The van der Waals surface area contributed by atoms with E-state index in [4.69, 9.17) is 0 Å². The van der Waals surface area contributed by atoms with Gasteiger partial charge in [0.1, 0.15) is 4.21 Å². The van der Waals surface area contributed by atoms with Gasteiger partial charge >= 0.3 is 0 Å². The number of carbonyl (C=O) groups is 1. The number of aryl methyl sites for hydroxylation is 2. The van der Waals surface area contributed by atoms with E-state index >= 15 is 0 Å². The van der Waals surface area contributed by atoms with Crippen molar-refractivity contribution in [2.24, 2.45) is 0 Å². The summed E-state index contributed by atoms with van der Waals surface area (Å²) in [6.45, 7) is 3.89. The fraction of sp³-hybridized carbons (Fsp3) is 0.105. The second-order valence-electron chi connectivity index (χ2n) is 6.01. The van der Waals surface area contributed by atoms with Crippen LogP contribution in [0.4, 0.5) is 11.4 Å². The van der Waals surface area contributed by atoms with Gasteiger partial charge in [-0.2, -0.15) is 0 Å². The number of nitrogens with one attached hydrogen (secondary N) is 2. The maximum atomic E-state index is 12.4. The number of benzene rings is 2. The summed E-state index contributed by atoms with van der Waals surface area (Å²) in [5, 5.41) is 2.88. The van der Waals surface area contributed by atoms with Gasteiger partial charge in [-0.25, -0.2) is 8.42 Å². The van der Waals surface area contributed by atoms with E-state index in [1.807, 2.05) is 32.0 Å². The number of amides is 1. The van der Waals surface area contributed by atoms with Gasteiger partial charge in [-0.05, 0) is 83.4 Å². The molecule has 0 spiro atoms. The molecule has 0 atom stereocenters. The highest BCUT2D eigenvalue weighted by Crippen LogP contribution is 2.27. The summed E-state index contributed by atoms with van der Waals surface area (Å²) >= 11 is 4.38. The molecule has 27 heavy (non-hydrogen) atoms. The first-order chi connectivity index (χ1) is 12.7. The highest BCUT2D eigenvalue weighted by atomic mass is 79.9. The van der Waals surface area contributed by atoms with E-state index in [9.17, 15) is 13.2 Å². The molecule has 3 rings (SSSR count). The average molecular weight is 465 g/mol. The maximum Gasteiger partial charge on any atom is 0.271 e. The SMILES string of the molecule is Cc1ccc(C)c(NC(=O)c2ccc(NS(=O)(=O)c3ccc(Br)s3)cc2)c1. The van der Waals surface area contributed by atoms with Crippen molar-refractivity contribution < 1.29 is 13.2 Å². The summed E-state index contributed by atoms with van der Waals surface area (Å²) in [4.78, 5) is 12.4. The van der Waals surface area contributed by atoms with Crippen molar-refractivity contribution in [3.63, 3.8) is 0 Å². The molecule has 0 aliphatic carbocycles. The lowest BCUT2D eigenvalue weighted by Gasteiger charge is -2.10. The second-order valence-corrected chi connectivity index (χ2v) is 10.4. The maximum absolute atomic E-state index is 12.4. The Balaban J connectivity index is 1.73. The fourth-order valence-corrected chi connectivity index (χ4v) is 5.47. The largest absolute Gasteiger partial charge is 0.322 e. The Morgan fingerprint density at radius 3 is 2.33 bits per heavy atom. The molecule has 1 aromatic heterocycles. The van der Waals surface area contributed by atoms with E-state index in [1.165, 1.54) is 6.07 Å². The van der Waals surface area contributed by atoms with Crippen LogP contribution in [0.1, 0.15) is 21.5 Å². The van der Waals surface area contributed by atoms with Crippen molar-refractivity contribution in [3.8, 4) is 0 Å². The molecule has 0 unspecified atom stereocenters. The summed E-state index contributed by atoms with van der Waals surface area (Å²) in [5.74, 6) is -0.250. The lowest BCUT2D eigenvalue weighted by Crippen LogP contribution is -2.14. The molecule has 1 heterocycles. The van der Waals surface area contributed by atoms with Gasteiger partial charge in [0.05, 0.1) is 3.79 Å². The van der Waals surface area contributed by atoms with Crippen LogP contribution < -0.4 is 10.0 Å². The number of anilines is 2. The quantitative estimate of drug-likeness (QED) is 0.545. The highest BCUT2D eigenvalue weighted by molar-refractivity contribution is 9.11. The van der Waals surface area contributed by atoms with Crippen LogP contribution in [0.5, 0.6) is 0 Å². The number of halogens is 1. The Kier molecular flexibility index (Phi) is 5.69. The van der Waals surface area contributed by atoms with E-state index in [2.05, 4.69) is 26.0 Å². The molecule has 5 nitrogen and oxygen atoms in total. The Bertz CT molecular complexity index is 1090. The molecular weight excluding hydrogens is 448 g/mol. The normalized spacial score (nSPS) is 11.2. The number of thiophene rings is 1. The van der Waals surface area contributed by atoms with Crippen molar-refractivity contribution in [1.82, 2.24) is 0 Å². The third-order valence-corrected chi connectivity index (χ3v) is 7.35. The van der Waals surface area contributed by atoms with Crippen molar-refractivity contribution in [2.75, 3.05) is 10.0 Å². The molecule has 0 aliphatic heterocycles. The third-order valence-electron chi connectivity index (χ3n) is 3.85. The molecule has 0 saturated heterocycles. The minimum Gasteiger partial charge on any atom is -0.322 e. The molecule has 2 aromatic carbocycles. The van der Waals surface area contributed by atoms with Gasteiger partial charge in [-0.3, -0.25) is 9.52 Å². The fourth-order valence-electron chi connectivity index (χ4n) is 2.40. The molecule has 2 N–H and O–H groups in total. The molecule has 0 fully saturated rings. The molecule has 0 saturated carbocycles. The highest BCUT2D eigenvalue weighted by Gasteiger charge is 2.17.